The van der Waals surface area contributed by atoms with E-state index in [0.717, 1.165) is 5.56 Å². The first-order chi connectivity index (χ1) is 15.8. The Kier molecular flexibility index (Phi) is 6.91. The zero-order chi connectivity index (χ0) is 23.6. The number of rotatable bonds is 8. The van der Waals surface area contributed by atoms with E-state index in [2.05, 4.69) is 20.0 Å². The van der Waals surface area contributed by atoms with Crippen molar-refractivity contribution in [2.45, 2.75) is 4.90 Å². The average molecular weight is 529 g/mol. The van der Waals surface area contributed by atoms with Gasteiger partial charge in [0.1, 0.15) is 17.3 Å². The summed E-state index contributed by atoms with van der Waals surface area (Å²) in [5.41, 5.74) is 1.32. The summed E-state index contributed by atoms with van der Waals surface area (Å²) in [6.45, 7) is -0.0250. The number of halogens is 3. The van der Waals surface area contributed by atoms with Crippen molar-refractivity contribution in [2.24, 2.45) is 0 Å². The third-order valence-electron chi connectivity index (χ3n) is 4.49. The Balaban J connectivity index is 1.44. The number of nitrogens with one attached hydrogen (secondary N) is 1. The number of sulfonamides is 1. The van der Waals surface area contributed by atoms with Crippen LogP contribution < -0.4 is 14.2 Å². The predicted molar refractivity (Wildman–Crippen MR) is 125 cm³/mol. The van der Waals surface area contributed by atoms with Crippen LogP contribution in [0.3, 0.4) is 0 Å². The van der Waals surface area contributed by atoms with Crippen LogP contribution in [0.2, 0.25) is 15.1 Å². The third kappa shape index (κ3) is 5.15. The van der Waals surface area contributed by atoms with E-state index in [1.165, 1.54) is 16.6 Å². The Labute approximate surface area is 204 Å². The first kappa shape index (κ1) is 23.5. The van der Waals surface area contributed by atoms with Gasteiger partial charge in [0.2, 0.25) is 15.9 Å². The maximum atomic E-state index is 12.5. The summed E-state index contributed by atoms with van der Waals surface area (Å²) in [4.78, 5) is -0.174. The number of aromatic nitrogens is 4. The van der Waals surface area contributed by atoms with Crippen LogP contribution in [0.1, 0.15) is 0 Å². The Bertz CT molecular complexity index is 1410. The summed E-state index contributed by atoms with van der Waals surface area (Å²) in [5.74, 6) is 1.51. The quantitative estimate of drug-likeness (QED) is 0.271. The Morgan fingerprint density at radius 2 is 1.70 bits per heavy atom. The predicted octanol–water partition coefficient (Wildman–Crippen LogP) is 4.12. The van der Waals surface area contributed by atoms with Gasteiger partial charge in [0.25, 0.3) is 0 Å². The molecule has 4 rings (SSSR count). The molecule has 0 saturated carbocycles. The molecule has 9 nitrogen and oxygen atoms in total. The molecule has 2 aromatic carbocycles. The van der Waals surface area contributed by atoms with E-state index in [0.29, 0.717) is 17.2 Å². The molecule has 0 saturated heterocycles. The fourth-order valence-electron chi connectivity index (χ4n) is 2.89. The zero-order valence-electron chi connectivity index (χ0n) is 17.0. The molecule has 0 amide bonds. The molecule has 0 fully saturated rings. The lowest BCUT2D eigenvalue weighted by molar-refractivity contribution is 0.306. The number of ether oxygens (including phenoxy) is 2. The summed E-state index contributed by atoms with van der Waals surface area (Å²) in [6, 6.07) is 13.1. The summed E-state index contributed by atoms with van der Waals surface area (Å²) >= 11 is 17.8. The number of hydrogen-bond acceptors (Lipinski definition) is 7. The van der Waals surface area contributed by atoms with Crippen LogP contribution in [0, 0.1) is 0 Å². The van der Waals surface area contributed by atoms with Gasteiger partial charge in [-0.15, -0.1) is 15.3 Å². The van der Waals surface area contributed by atoms with Crippen molar-refractivity contribution < 1.29 is 17.9 Å². The molecule has 0 aliphatic rings. The van der Waals surface area contributed by atoms with E-state index in [4.69, 9.17) is 44.3 Å². The molecule has 1 N–H and O–H groups in total. The van der Waals surface area contributed by atoms with E-state index >= 15 is 0 Å². The van der Waals surface area contributed by atoms with Crippen LogP contribution in [0.25, 0.3) is 17.0 Å². The molecule has 0 aliphatic heterocycles. The van der Waals surface area contributed by atoms with Crippen LogP contribution >= 0.6 is 34.8 Å². The lowest BCUT2D eigenvalue weighted by Crippen LogP contribution is -2.28. The minimum atomic E-state index is -3.92. The maximum absolute atomic E-state index is 12.5. The van der Waals surface area contributed by atoms with Crippen molar-refractivity contribution in [3.05, 3.63) is 63.6 Å². The molecule has 33 heavy (non-hydrogen) atoms. The number of benzene rings is 2. The second-order valence-corrected chi connectivity index (χ2v) is 9.59. The van der Waals surface area contributed by atoms with Gasteiger partial charge in [-0.2, -0.15) is 4.52 Å². The molecule has 0 bridgehead atoms. The smallest absolute Gasteiger partial charge is 0.242 e. The molecule has 2 aromatic heterocycles. The van der Waals surface area contributed by atoms with E-state index in [-0.39, 0.29) is 39.0 Å². The molecular weight excluding hydrogens is 513 g/mol. The molecule has 2 heterocycles. The summed E-state index contributed by atoms with van der Waals surface area (Å²) < 4.78 is 39.7. The van der Waals surface area contributed by atoms with E-state index in [9.17, 15) is 8.42 Å². The fraction of sp³-hybridized carbons (Fsp3) is 0.150. The fourth-order valence-corrected chi connectivity index (χ4v) is 4.90. The topological polar surface area (TPSA) is 108 Å². The molecule has 13 heteroatoms. The second kappa shape index (κ2) is 9.70. The Hall–Kier alpha value is -2.63. The second-order valence-electron chi connectivity index (χ2n) is 6.64. The largest absolute Gasteiger partial charge is 0.497 e. The van der Waals surface area contributed by atoms with Gasteiger partial charge in [-0.25, -0.2) is 13.1 Å². The van der Waals surface area contributed by atoms with Crippen molar-refractivity contribution in [3.63, 3.8) is 0 Å². The van der Waals surface area contributed by atoms with Crippen LogP contribution in [-0.2, 0) is 10.0 Å². The highest BCUT2D eigenvalue weighted by Crippen LogP contribution is 2.31. The first-order valence-corrected chi connectivity index (χ1v) is 12.0. The number of nitrogens with zero attached hydrogens (tertiary/aromatic N) is 4. The van der Waals surface area contributed by atoms with E-state index in [1.54, 1.807) is 19.2 Å². The highest BCUT2D eigenvalue weighted by molar-refractivity contribution is 7.89. The summed E-state index contributed by atoms with van der Waals surface area (Å²) in [5, 5.41) is 12.9. The lowest BCUT2D eigenvalue weighted by atomic mass is 10.2. The van der Waals surface area contributed by atoms with Crippen molar-refractivity contribution in [2.75, 3.05) is 20.3 Å². The van der Waals surface area contributed by atoms with Gasteiger partial charge >= 0.3 is 0 Å². The van der Waals surface area contributed by atoms with Gasteiger partial charge in [0, 0.05) is 18.2 Å². The number of hydrogen-bond donors (Lipinski definition) is 1. The molecule has 0 radical (unpaired) electrons. The summed E-state index contributed by atoms with van der Waals surface area (Å²) in [6.07, 6.45) is 0. The van der Waals surface area contributed by atoms with Gasteiger partial charge in [0.15, 0.2) is 11.5 Å². The number of methoxy groups -OCH3 is 1. The van der Waals surface area contributed by atoms with Gasteiger partial charge in [0.05, 0.1) is 22.2 Å². The van der Waals surface area contributed by atoms with Crippen molar-refractivity contribution in [1.82, 2.24) is 24.5 Å². The Morgan fingerprint density at radius 1 is 0.970 bits per heavy atom. The van der Waals surface area contributed by atoms with Crippen LogP contribution in [0.4, 0.5) is 0 Å². The molecule has 172 valence electrons. The maximum Gasteiger partial charge on any atom is 0.242 e. The molecular formula is C20H16Cl3N5O4S. The standard InChI is InChI=1S/C20H16Cl3N5O4S/c1-31-13-4-2-12(3-5-13)20-26-25-18-6-7-19(27-28(18)20)32-9-8-24-33(29,30)17-11-15(22)14(21)10-16(17)23/h2-7,10-11,24H,8-9H2,1H3. The molecule has 0 atom stereocenters. The monoisotopic (exact) mass is 527 g/mol. The summed E-state index contributed by atoms with van der Waals surface area (Å²) in [7, 11) is -2.33. The van der Waals surface area contributed by atoms with Crippen molar-refractivity contribution in [3.8, 4) is 23.0 Å². The van der Waals surface area contributed by atoms with Gasteiger partial charge in [-0.05, 0) is 42.5 Å². The SMILES string of the molecule is COc1ccc(-c2nnc3ccc(OCCNS(=O)(=O)c4cc(Cl)c(Cl)cc4Cl)nn23)cc1. The molecule has 0 unspecified atom stereocenters. The average Bonchev–Trinajstić information content (AvgIpc) is 3.22. The molecule has 4 aromatic rings. The van der Waals surface area contributed by atoms with Crippen LogP contribution in [0.5, 0.6) is 11.6 Å². The normalized spacial score (nSPS) is 11.6. The zero-order valence-corrected chi connectivity index (χ0v) is 20.1. The van der Waals surface area contributed by atoms with Gasteiger partial charge in [-0.3, -0.25) is 0 Å². The number of fused-ring (bicyclic) bond motifs is 1. The van der Waals surface area contributed by atoms with Crippen molar-refractivity contribution in [1.29, 1.82) is 0 Å². The molecule has 0 spiro atoms. The Morgan fingerprint density at radius 3 is 2.42 bits per heavy atom. The third-order valence-corrected chi connectivity index (χ3v) is 7.14. The van der Waals surface area contributed by atoms with Crippen molar-refractivity contribution >= 4 is 50.5 Å². The first-order valence-electron chi connectivity index (χ1n) is 9.42. The lowest BCUT2D eigenvalue weighted by Gasteiger charge is -2.10. The minimum Gasteiger partial charge on any atom is -0.497 e. The van der Waals surface area contributed by atoms with Gasteiger partial charge in [-0.1, -0.05) is 34.8 Å². The minimum absolute atomic E-state index is 0.0106. The van der Waals surface area contributed by atoms with Crippen LogP contribution in [0.15, 0.2) is 53.4 Å². The van der Waals surface area contributed by atoms with E-state index < -0.39 is 10.0 Å². The highest BCUT2D eigenvalue weighted by Gasteiger charge is 2.19. The van der Waals surface area contributed by atoms with Gasteiger partial charge < -0.3 is 9.47 Å². The van der Waals surface area contributed by atoms with E-state index in [1.807, 2.05) is 24.3 Å². The highest BCUT2D eigenvalue weighted by atomic mass is 35.5. The van der Waals surface area contributed by atoms with Crippen LogP contribution in [-0.4, -0.2) is 48.5 Å². The molecule has 0 aliphatic carbocycles.